The van der Waals surface area contributed by atoms with E-state index in [2.05, 4.69) is 69.5 Å². The highest BCUT2D eigenvalue weighted by atomic mass is 16.5. The Kier molecular flexibility index (Phi) is 16.3. The van der Waals surface area contributed by atoms with Crippen molar-refractivity contribution in [3.63, 3.8) is 0 Å². The van der Waals surface area contributed by atoms with E-state index in [0.717, 1.165) is 25.7 Å². The van der Waals surface area contributed by atoms with Gasteiger partial charge in [0, 0.05) is 5.57 Å². The first kappa shape index (κ1) is 39.6. The lowest BCUT2D eigenvalue weighted by atomic mass is 9.73. The van der Waals surface area contributed by atoms with E-state index in [0.29, 0.717) is 42.3 Å². The Balaban J connectivity index is 1.21. The highest BCUT2D eigenvalue weighted by Crippen LogP contribution is 2.41. The van der Waals surface area contributed by atoms with Gasteiger partial charge in [-0.1, -0.05) is 95.2 Å². The standard InChI is InChI=1S/C45H64O5/c1-6-8-9-10-37-25-26-42(29-36(37)7-2)40-23-21-39(22-24-40)38-17-13-34(14-18-38)11-12-35-15-19-41(20-16-35)43(31-50-44(47)32(3)4)27-28-49-45(48)33(5)30-46/h13-14,17-18,25-26,29,35,39-41,43,46H,3,5-12,15-16,19-24,27-28,30-31H2,1-2,4H3. The zero-order chi connectivity index (χ0) is 35.9. The smallest absolute Gasteiger partial charge is 0.335 e. The molecule has 0 aliphatic heterocycles. The van der Waals surface area contributed by atoms with Crippen molar-refractivity contribution in [2.75, 3.05) is 19.8 Å². The van der Waals surface area contributed by atoms with Crippen molar-refractivity contribution in [1.29, 1.82) is 0 Å². The van der Waals surface area contributed by atoms with Crippen molar-refractivity contribution >= 4 is 11.9 Å². The number of unbranched alkanes of at least 4 members (excludes halogenated alkanes) is 2. The van der Waals surface area contributed by atoms with Crippen LogP contribution in [0.3, 0.4) is 0 Å². The average Bonchev–Trinajstić information content (AvgIpc) is 3.15. The Labute approximate surface area is 302 Å². The van der Waals surface area contributed by atoms with Gasteiger partial charge in [-0.3, -0.25) is 0 Å². The first-order valence-corrected chi connectivity index (χ1v) is 19.7. The van der Waals surface area contributed by atoms with Gasteiger partial charge in [0.05, 0.1) is 25.4 Å². The lowest BCUT2D eigenvalue weighted by molar-refractivity contribution is -0.144. The second-order valence-electron chi connectivity index (χ2n) is 15.3. The minimum atomic E-state index is -0.575. The molecule has 0 aromatic heterocycles. The Hall–Kier alpha value is -3.18. The summed E-state index contributed by atoms with van der Waals surface area (Å²) in [6.45, 7) is 13.6. The number of hydrogen-bond donors (Lipinski definition) is 1. The van der Waals surface area contributed by atoms with E-state index in [1.165, 1.54) is 81.8 Å². The predicted molar refractivity (Wildman–Crippen MR) is 204 cm³/mol. The van der Waals surface area contributed by atoms with Crippen LogP contribution in [0.4, 0.5) is 0 Å². The fourth-order valence-corrected chi connectivity index (χ4v) is 8.30. The molecule has 5 heteroatoms. The van der Waals surface area contributed by atoms with Crippen molar-refractivity contribution in [3.05, 3.63) is 94.6 Å². The van der Waals surface area contributed by atoms with E-state index in [1.807, 2.05) is 0 Å². The van der Waals surface area contributed by atoms with Crippen LogP contribution in [-0.2, 0) is 38.3 Å². The number of carbonyl (C=O) groups is 2. The summed E-state index contributed by atoms with van der Waals surface area (Å²) >= 11 is 0. The van der Waals surface area contributed by atoms with Gasteiger partial charge in [-0.2, -0.15) is 0 Å². The van der Waals surface area contributed by atoms with Crippen LogP contribution in [0.5, 0.6) is 0 Å². The van der Waals surface area contributed by atoms with Gasteiger partial charge in [0.1, 0.15) is 0 Å². The summed E-state index contributed by atoms with van der Waals surface area (Å²) in [5.41, 5.74) is 8.09. The lowest BCUT2D eigenvalue weighted by Gasteiger charge is -2.34. The van der Waals surface area contributed by atoms with Gasteiger partial charge in [-0.15, -0.1) is 0 Å². The summed E-state index contributed by atoms with van der Waals surface area (Å²) in [4.78, 5) is 24.1. The number of ether oxygens (including phenoxy) is 2. The minimum absolute atomic E-state index is 0.0491. The molecule has 5 nitrogen and oxygen atoms in total. The molecule has 274 valence electrons. The average molecular weight is 685 g/mol. The van der Waals surface area contributed by atoms with Gasteiger partial charge in [0.25, 0.3) is 0 Å². The molecule has 50 heavy (non-hydrogen) atoms. The van der Waals surface area contributed by atoms with E-state index < -0.39 is 12.6 Å². The topological polar surface area (TPSA) is 72.8 Å². The quantitative estimate of drug-likeness (QED) is 0.0906. The Bertz CT molecular complexity index is 1370. The van der Waals surface area contributed by atoms with Crippen LogP contribution in [0.15, 0.2) is 66.8 Å². The molecule has 0 heterocycles. The predicted octanol–water partition coefficient (Wildman–Crippen LogP) is 10.4. The summed E-state index contributed by atoms with van der Waals surface area (Å²) in [5, 5.41) is 9.14. The Morgan fingerprint density at radius 2 is 1.46 bits per heavy atom. The number of aliphatic hydroxyl groups is 1. The van der Waals surface area contributed by atoms with Gasteiger partial charge in [-0.05, 0) is 141 Å². The third kappa shape index (κ3) is 12.0. The molecule has 2 saturated carbocycles. The fourth-order valence-electron chi connectivity index (χ4n) is 8.30. The fraction of sp³-hybridized carbons (Fsp3) is 0.600. The largest absolute Gasteiger partial charge is 0.462 e. The highest BCUT2D eigenvalue weighted by Gasteiger charge is 2.29. The number of esters is 2. The van der Waals surface area contributed by atoms with Crippen molar-refractivity contribution in [1.82, 2.24) is 0 Å². The normalized spacial score (nSPS) is 21.3. The van der Waals surface area contributed by atoms with Crippen molar-refractivity contribution in [2.45, 2.75) is 135 Å². The van der Waals surface area contributed by atoms with E-state index in [9.17, 15) is 9.59 Å². The Morgan fingerprint density at radius 3 is 2.08 bits per heavy atom. The number of carbonyl (C=O) groups excluding carboxylic acids is 2. The third-order valence-electron chi connectivity index (χ3n) is 11.7. The zero-order valence-corrected chi connectivity index (χ0v) is 31.4. The van der Waals surface area contributed by atoms with Crippen molar-refractivity contribution in [2.24, 2.45) is 17.8 Å². The summed E-state index contributed by atoms with van der Waals surface area (Å²) in [6.07, 6.45) is 18.8. The maximum atomic E-state index is 12.1. The number of aliphatic hydroxyl groups excluding tert-OH is 1. The molecule has 0 bridgehead atoms. The molecule has 0 saturated heterocycles. The molecule has 1 N–H and O–H groups in total. The molecule has 2 aliphatic carbocycles. The van der Waals surface area contributed by atoms with Gasteiger partial charge in [-0.25, -0.2) is 9.59 Å². The van der Waals surface area contributed by atoms with Crippen LogP contribution in [0.1, 0.15) is 144 Å². The number of benzene rings is 2. The minimum Gasteiger partial charge on any atom is -0.462 e. The summed E-state index contributed by atoms with van der Waals surface area (Å²) in [7, 11) is 0. The van der Waals surface area contributed by atoms with Gasteiger partial charge in [0.2, 0.25) is 0 Å². The van der Waals surface area contributed by atoms with Gasteiger partial charge in [0.15, 0.2) is 0 Å². The van der Waals surface area contributed by atoms with Crippen LogP contribution >= 0.6 is 0 Å². The molecular formula is C45H64O5. The zero-order valence-electron chi connectivity index (χ0n) is 31.4. The van der Waals surface area contributed by atoms with Crippen LogP contribution in [0.25, 0.3) is 0 Å². The monoisotopic (exact) mass is 684 g/mol. The second kappa shape index (κ2) is 20.6. The summed E-state index contributed by atoms with van der Waals surface area (Å²) in [6, 6.07) is 16.9. The molecule has 2 fully saturated rings. The molecule has 4 rings (SSSR count). The third-order valence-corrected chi connectivity index (χ3v) is 11.7. The van der Waals surface area contributed by atoms with E-state index >= 15 is 0 Å². The number of hydrogen-bond acceptors (Lipinski definition) is 5. The second-order valence-corrected chi connectivity index (χ2v) is 15.3. The van der Waals surface area contributed by atoms with Crippen molar-refractivity contribution < 1.29 is 24.2 Å². The maximum Gasteiger partial charge on any atom is 0.335 e. The summed E-state index contributed by atoms with van der Waals surface area (Å²) < 4.78 is 10.9. The Morgan fingerprint density at radius 1 is 0.800 bits per heavy atom. The van der Waals surface area contributed by atoms with Crippen LogP contribution in [0.2, 0.25) is 0 Å². The highest BCUT2D eigenvalue weighted by molar-refractivity contribution is 5.88. The van der Waals surface area contributed by atoms with Crippen LogP contribution in [-0.4, -0.2) is 36.9 Å². The maximum absolute atomic E-state index is 12.1. The SMILES string of the molecule is C=C(C)C(=O)OCC(CCOC(=O)C(=C)CO)C1CCC(CCc2ccc(C3CCC(c4ccc(CCCCC)c(CC)c4)CC3)cc2)CC1. The molecular weight excluding hydrogens is 620 g/mol. The molecule has 0 spiro atoms. The number of rotatable bonds is 19. The van der Waals surface area contributed by atoms with E-state index in [1.54, 1.807) is 23.6 Å². The molecule has 0 radical (unpaired) electrons. The molecule has 0 amide bonds. The molecule has 2 aromatic carbocycles. The first-order chi connectivity index (χ1) is 24.2. The first-order valence-electron chi connectivity index (χ1n) is 19.7. The summed E-state index contributed by atoms with van der Waals surface area (Å²) in [5.74, 6) is 1.66. The molecule has 2 aromatic rings. The molecule has 1 atom stereocenters. The van der Waals surface area contributed by atoms with Gasteiger partial charge < -0.3 is 14.6 Å². The lowest BCUT2D eigenvalue weighted by Crippen LogP contribution is -2.28. The molecule has 2 aliphatic rings. The van der Waals surface area contributed by atoms with Crippen molar-refractivity contribution in [3.8, 4) is 0 Å². The number of aryl methyl sites for hydroxylation is 3. The van der Waals surface area contributed by atoms with Crippen LogP contribution < -0.4 is 0 Å². The van der Waals surface area contributed by atoms with Crippen LogP contribution in [0, 0.1) is 17.8 Å². The van der Waals surface area contributed by atoms with E-state index in [-0.39, 0.29) is 24.1 Å². The molecule has 1 unspecified atom stereocenters. The van der Waals surface area contributed by atoms with E-state index in [4.69, 9.17) is 14.6 Å². The van der Waals surface area contributed by atoms with Gasteiger partial charge >= 0.3 is 11.9 Å².